The number of likely N-dealkylation sites (tertiary alicyclic amines) is 1. The standard InChI is InChI=1S/C28H29N3O5/c1-34-25-17-22(10-12-24(25)36-16-15-30-13-3-4-14-30)31-18-21-9-11-23(29-26(21)27(31)32)19-5-7-20(8-6-19)28(33)35-2/h5-12,17H,3-4,13-16,18H2,1-2H3. The van der Waals surface area contributed by atoms with Gasteiger partial charge in [0, 0.05) is 29.4 Å². The number of hydrogen-bond donors (Lipinski definition) is 0. The lowest BCUT2D eigenvalue weighted by molar-refractivity contribution is 0.0600. The molecule has 0 spiro atoms. The van der Waals surface area contributed by atoms with Crippen molar-refractivity contribution in [3.05, 3.63) is 71.4 Å². The smallest absolute Gasteiger partial charge is 0.337 e. The van der Waals surface area contributed by atoms with Gasteiger partial charge in [0.15, 0.2) is 11.5 Å². The maximum absolute atomic E-state index is 13.3. The van der Waals surface area contributed by atoms with Crippen molar-refractivity contribution in [1.82, 2.24) is 9.88 Å². The second kappa shape index (κ2) is 10.4. The first kappa shape index (κ1) is 23.8. The van der Waals surface area contributed by atoms with E-state index in [1.54, 1.807) is 36.3 Å². The van der Waals surface area contributed by atoms with Gasteiger partial charge in [-0.05, 0) is 56.3 Å². The Morgan fingerprint density at radius 2 is 1.75 bits per heavy atom. The zero-order valence-corrected chi connectivity index (χ0v) is 20.5. The molecule has 1 aromatic heterocycles. The summed E-state index contributed by atoms with van der Waals surface area (Å²) in [5, 5.41) is 0. The predicted octanol–water partition coefficient (Wildman–Crippen LogP) is 4.18. The van der Waals surface area contributed by atoms with Gasteiger partial charge in [0.05, 0.1) is 32.0 Å². The van der Waals surface area contributed by atoms with Crippen LogP contribution >= 0.6 is 0 Å². The van der Waals surface area contributed by atoms with Crippen molar-refractivity contribution >= 4 is 17.6 Å². The third kappa shape index (κ3) is 4.77. The molecule has 0 unspecified atom stereocenters. The summed E-state index contributed by atoms with van der Waals surface area (Å²) >= 11 is 0. The number of anilines is 1. The number of carbonyl (C=O) groups is 2. The molecule has 2 aliphatic rings. The highest BCUT2D eigenvalue weighted by atomic mass is 16.5. The van der Waals surface area contributed by atoms with E-state index < -0.39 is 5.97 Å². The summed E-state index contributed by atoms with van der Waals surface area (Å²) in [5.74, 6) is 0.702. The van der Waals surface area contributed by atoms with Crippen molar-refractivity contribution in [2.24, 2.45) is 0 Å². The molecule has 0 aliphatic carbocycles. The average molecular weight is 488 g/mol. The largest absolute Gasteiger partial charge is 0.493 e. The molecular weight excluding hydrogens is 458 g/mol. The van der Waals surface area contributed by atoms with Crippen LogP contribution in [0.1, 0.15) is 39.3 Å². The Bertz CT molecular complexity index is 1270. The van der Waals surface area contributed by atoms with Gasteiger partial charge in [-0.3, -0.25) is 9.69 Å². The highest BCUT2D eigenvalue weighted by Crippen LogP contribution is 2.35. The molecule has 0 bridgehead atoms. The van der Waals surface area contributed by atoms with Crippen molar-refractivity contribution in [2.45, 2.75) is 19.4 Å². The van der Waals surface area contributed by atoms with Crippen LogP contribution in [0.5, 0.6) is 11.5 Å². The SMILES string of the molecule is COC(=O)c1ccc(-c2ccc3c(n2)C(=O)N(c2ccc(OCCN4CCCC4)c(OC)c2)C3)cc1. The van der Waals surface area contributed by atoms with Crippen molar-refractivity contribution < 1.29 is 23.8 Å². The summed E-state index contributed by atoms with van der Waals surface area (Å²) in [5.41, 5.74) is 3.95. The zero-order chi connectivity index (χ0) is 25.1. The van der Waals surface area contributed by atoms with Crippen molar-refractivity contribution in [3.8, 4) is 22.8 Å². The van der Waals surface area contributed by atoms with E-state index in [0.717, 1.165) is 36.4 Å². The van der Waals surface area contributed by atoms with E-state index in [1.807, 2.05) is 30.3 Å². The quantitative estimate of drug-likeness (QED) is 0.441. The van der Waals surface area contributed by atoms with E-state index in [2.05, 4.69) is 9.88 Å². The second-order valence-corrected chi connectivity index (χ2v) is 8.90. The van der Waals surface area contributed by atoms with E-state index in [1.165, 1.54) is 20.0 Å². The van der Waals surface area contributed by atoms with Crippen molar-refractivity contribution in [3.63, 3.8) is 0 Å². The summed E-state index contributed by atoms with van der Waals surface area (Å²) in [6, 6.07) is 16.4. The van der Waals surface area contributed by atoms with Crippen LogP contribution in [-0.4, -0.2) is 62.2 Å². The minimum Gasteiger partial charge on any atom is -0.493 e. The number of nitrogens with zero attached hydrogens (tertiary/aromatic N) is 3. The monoisotopic (exact) mass is 487 g/mol. The third-order valence-corrected chi connectivity index (χ3v) is 6.68. The molecule has 5 rings (SSSR count). The minimum atomic E-state index is -0.396. The van der Waals surface area contributed by atoms with Crippen LogP contribution in [0.4, 0.5) is 5.69 Å². The lowest BCUT2D eigenvalue weighted by Gasteiger charge is -2.19. The van der Waals surface area contributed by atoms with Gasteiger partial charge in [-0.15, -0.1) is 0 Å². The van der Waals surface area contributed by atoms with E-state index >= 15 is 0 Å². The van der Waals surface area contributed by atoms with E-state index in [-0.39, 0.29) is 5.91 Å². The number of carbonyl (C=O) groups excluding carboxylic acids is 2. The number of pyridine rings is 1. The second-order valence-electron chi connectivity index (χ2n) is 8.90. The van der Waals surface area contributed by atoms with Gasteiger partial charge in [0.2, 0.25) is 0 Å². The van der Waals surface area contributed by atoms with Crippen LogP contribution in [0.15, 0.2) is 54.6 Å². The molecule has 3 aromatic rings. The molecule has 1 saturated heterocycles. The number of amides is 1. The number of esters is 1. The molecular formula is C28H29N3O5. The first-order valence-corrected chi connectivity index (χ1v) is 12.1. The maximum Gasteiger partial charge on any atom is 0.337 e. The Morgan fingerprint density at radius 3 is 2.47 bits per heavy atom. The van der Waals surface area contributed by atoms with E-state index in [9.17, 15) is 9.59 Å². The molecule has 8 nitrogen and oxygen atoms in total. The summed E-state index contributed by atoms with van der Waals surface area (Å²) in [6.45, 7) is 4.18. The van der Waals surface area contributed by atoms with Gasteiger partial charge >= 0.3 is 5.97 Å². The van der Waals surface area contributed by atoms with Crippen LogP contribution in [0, 0.1) is 0 Å². The van der Waals surface area contributed by atoms with Crippen molar-refractivity contribution in [2.75, 3.05) is 45.4 Å². The molecule has 0 saturated carbocycles. The van der Waals surface area contributed by atoms with Crippen LogP contribution in [0.25, 0.3) is 11.3 Å². The number of hydrogen-bond acceptors (Lipinski definition) is 7. The predicted molar refractivity (Wildman–Crippen MR) is 136 cm³/mol. The molecule has 0 atom stereocenters. The van der Waals surface area contributed by atoms with Crippen LogP contribution < -0.4 is 14.4 Å². The highest BCUT2D eigenvalue weighted by Gasteiger charge is 2.31. The van der Waals surface area contributed by atoms with E-state index in [0.29, 0.717) is 41.6 Å². The Kier molecular flexibility index (Phi) is 6.86. The van der Waals surface area contributed by atoms with Crippen molar-refractivity contribution in [1.29, 1.82) is 0 Å². The van der Waals surface area contributed by atoms with Gasteiger partial charge in [-0.25, -0.2) is 9.78 Å². The number of benzene rings is 2. The first-order valence-electron chi connectivity index (χ1n) is 12.1. The molecule has 3 heterocycles. The molecule has 186 valence electrons. The van der Waals surface area contributed by atoms with Crippen LogP contribution in [0.2, 0.25) is 0 Å². The molecule has 0 radical (unpaired) electrons. The van der Waals surface area contributed by atoms with Crippen LogP contribution in [0.3, 0.4) is 0 Å². The van der Waals surface area contributed by atoms with E-state index in [4.69, 9.17) is 14.2 Å². The maximum atomic E-state index is 13.3. The summed E-state index contributed by atoms with van der Waals surface area (Å²) in [4.78, 5) is 33.7. The Labute approximate surface area is 210 Å². The molecule has 2 aromatic carbocycles. The summed E-state index contributed by atoms with van der Waals surface area (Å²) < 4.78 is 16.3. The van der Waals surface area contributed by atoms with Gasteiger partial charge in [0.25, 0.3) is 5.91 Å². The minimum absolute atomic E-state index is 0.164. The Hall–Kier alpha value is -3.91. The normalized spacial score (nSPS) is 15.2. The molecule has 1 fully saturated rings. The van der Waals surface area contributed by atoms with Gasteiger partial charge < -0.3 is 19.1 Å². The fourth-order valence-electron chi connectivity index (χ4n) is 4.67. The first-order chi connectivity index (χ1) is 17.6. The molecule has 2 aliphatic heterocycles. The fourth-order valence-corrected chi connectivity index (χ4v) is 4.67. The zero-order valence-electron chi connectivity index (χ0n) is 20.5. The molecule has 36 heavy (non-hydrogen) atoms. The van der Waals surface area contributed by atoms with Gasteiger partial charge in [0.1, 0.15) is 12.3 Å². The van der Waals surface area contributed by atoms with Gasteiger partial charge in [-0.1, -0.05) is 18.2 Å². The number of fused-ring (bicyclic) bond motifs is 1. The average Bonchev–Trinajstić information content (AvgIpc) is 3.56. The number of ether oxygens (including phenoxy) is 3. The fraction of sp³-hybridized carbons (Fsp3) is 0.321. The lowest BCUT2D eigenvalue weighted by atomic mass is 10.1. The van der Waals surface area contributed by atoms with Crippen LogP contribution in [-0.2, 0) is 11.3 Å². The van der Waals surface area contributed by atoms with Gasteiger partial charge in [-0.2, -0.15) is 0 Å². The number of aromatic nitrogens is 1. The Balaban J connectivity index is 1.30. The lowest BCUT2D eigenvalue weighted by Crippen LogP contribution is -2.25. The highest BCUT2D eigenvalue weighted by molar-refractivity contribution is 6.09. The number of methoxy groups -OCH3 is 2. The Morgan fingerprint density at radius 1 is 0.972 bits per heavy atom. The molecule has 1 amide bonds. The topological polar surface area (TPSA) is 81.2 Å². The summed E-state index contributed by atoms with van der Waals surface area (Å²) in [6.07, 6.45) is 2.50. The number of rotatable bonds is 8. The summed E-state index contributed by atoms with van der Waals surface area (Å²) in [7, 11) is 2.95. The molecule has 8 heteroatoms. The molecule has 0 N–H and O–H groups in total. The third-order valence-electron chi connectivity index (χ3n) is 6.68.